The number of hydrogen-bond donors (Lipinski definition) is 0. The molecule has 3 nitrogen and oxygen atoms in total. The van der Waals surface area contributed by atoms with Gasteiger partial charge in [0, 0.05) is 15.2 Å². The fourth-order valence-electron chi connectivity index (χ4n) is 1.71. The molecular weight excluding hydrogens is 417 g/mol. The van der Waals surface area contributed by atoms with Crippen LogP contribution in [0.15, 0.2) is 24.3 Å². The Kier molecular flexibility index (Phi) is 6.55. The lowest BCUT2D eigenvalue weighted by molar-refractivity contribution is 0.0585. The third-order valence-corrected chi connectivity index (χ3v) is 7.68. The van der Waals surface area contributed by atoms with Crippen LogP contribution < -0.4 is 4.90 Å². The molecule has 0 aromatic heterocycles. The number of ether oxygens (including phenoxy) is 1. The van der Waals surface area contributed by atoms with Crippen molar-refractivity contribution in [3.8, 4) is 0 Å². The van der Waals surface area contributed by atoms with Gasteiger partial charge in [-0.05, 0) is 55.5 Å². The van der Waals surface area contributed by atoms with Crippen molar-refractivity contribution < 1.29 is 9.53 Å². The maximum atomic E-state index is 12.6. The molecule has 0 unspecified atom stereocenters. The number of nitrogens with zero attached hydrogens (tertiary/aromatic N) is 1. The Bertz CT molecular complexity index is 503. The first-order valence-electron chi connectivity index (χ1n) is 6.87. The second-order valence-electron chi connectivity index (χ2n) is 6.82. The summed E-state index contributed by atoms with van der Waals surface area (Å²) in [5, 5.41) is 0. The molecule has 1 amide bonds. The zero-order valence-electron chi connectivity index (χ0n) is 13.2. The normalized spacial score (nSPS) is 12.1. The molecule has 0 spiro atoms. The molecule has 21 heavy (non-hydrogen) atoms. The van der Waals surface area contributed by atoms with Crippen LogP contribution in [0.1, 0.15) is 20.8 Å². The van der Waals surface area contributed by atoms with Crippen molar-refractivity contribution in [3.63, 3.8) is 0 Å². The Morgan fingerprint density at radius 3 is 2.38 bits per heavy atom. The molecule has 0 saturated heterocycles. The van der Waals surface area contributed by atoms with Gasteiger partial charge in [0.1, 0.15) is 5.60 Å². The van der Waals surface area contributed by atoms with Crippen LogP contribution in [-0.4, -0.2) is 31.4 Å². The molecule has 0 N–H and O–H groups in total. The third kappa shape index (κ3) is 6.16. The van der Waals surface area contributed by atoms with E-state index >= 15 is 0 Å². The summed E-state index contributed by atoms with van der Waals surface area (Å²) >= 11 is 8.33. The Morgan fingerprint density at radius 1 is 1.33 bits per heavy atom. The molecule has 0 bridgehead atoms. The van der Waals surface area contributed by atoms with Gasteiger partial charge in [-0.25, -0.2) is 4.79 Å². The van der Waals surface area contributed by atoms with Gasteiger partial charge < -0.3 is 4.74 Å². The molecule has 0 aliphatic rings. The van der Waals surface area contributed by atoms with E-state index < -0.39 is 13.7 Å². The van der Waals surface area contributed by atoms with Crippen molar-refractivity contribution in [2.75, 3.05) is 16.6 Å². The van der Waals surface area contributed by atoms with Crippen LogP contribution in [0.3, 0.4) is 0 Å². The number of carbonyl (C=O) groups excluding carboxylic acids is 1. The number of benzene rings is 1. The van der Waals surface area contributed by atoms with Gasteiger partial charge in [-0.3, -0.25) is 4.90 Å². The first-order valence-corrected chi connectivity index (χ1v) is 11.9. The predicted octanol–water partition coefficient (Wildman–Crippen LogP) is 5.06. The fourth-order valence-corrected chi connectivity index (χ4v) is 3.88. The van der Waals surface area contributed by atoms with Gasteiger partial charge in [0.05, 0.1) is 13.8 Å². The number of halogens is 2. The molecule has 0 saturated carbocycles. The van der Waals surface area contributed by atoms with E-state index in [0.717, 1.165) is 9.26 Å². The van der Waals surface area contributed by atoms with Crippen LogP contribution in [0.25, 0.3) is 0 Å². The Labute approximate surface area is 147 Å². The van der Waals surface area contributed by atoms with E-state index in [4.69, 9.17) is 16.3 Å². The number of carbonyl (C=O) groups is 1. The Hall–Kier alpha value is -0.273. The van der Waals surface area contributed by atoms with Crippen LogP contribution >= 0.6 is 34.2 Å². The summed E-state index contributed by atoms with van der Waals surface area (Å²) in [5.41, 5.74) is 0.982. The van der Waals surface area contributed by atoms with Gasteiger partial charge in [0.15, 0.2) is 0 Å². The van der Waals surface area contributed by atoms with E-state index in [9.17, 15) is 4.79 Å². The Morgan fingerprint density at radius 2 is 1.90 bits per heavy atom. The molecule has 0 fully saturated rings. The van der Waals surface area contributed by atoms with Gasteiger partial charge in [-0.1, -0.05) is 25.2 Å². The maximum Gasteiger partial charge on any atom is 0.414 e. The first kappa shape index (κ1) is 18.8. The number of anilines is 1. The second-order valence-corrected chi connectivity index (χ2v) is 13.7. The van der Waals surface area contributed by atoms with Crippen LogP contribution in [0.4, 0.5) is 10.5 Å². The summed E-state index contributed by atoms with van der Waals surface area (Å²) in [6.07, 6.45) is 0.336. The summed E-state index contributed by atoms with van der Waals surface area (Å²) < 4.78 is 6.59. The molecular formula is C15H23ClINO2Si. The molecule has 1 rings (SSSR count). The maximum absolute atomic E-state index is 12.6. The fraction of sp³-hybridized carbons (Fsp3) is 0.533. The van der Waals surface area contributed by atoms with Gasteiger partial charge in [-0.15, -0.1) is 11.6 Å². The van der Waals surface area contributed by atoms with Gasteiger partial charge >= 0.3 is 6.09 Å². The van der Waals surface area contributed by atoms with E-state index in [1.54, 1.807) is 4.90 Å². The molecule has 1 aromatic rings. The summed E-state index contributed by atoms with van der Waals surface area (Å²) in [7, 11) is -1.70. The molecule has 0 heterocycles. The van der Waals surface area contributed by atoms with Crippen LogP contribution in [0, 0.1) is 3.57 Å². The van der Waals surface area contributed by atoms with Crippen molar-refractivity contribution >= 4 is 54.0 Å². The van der Waals surface area contributed by atoms with Gasteiger partial charge in [0.25, 0.3) is 0 Å². The van der Waals surface area contributed by atoms with Crippen molar-refractivity contribution in [2.45, 2.75) is 39.5 Å². The average molecular weight is 440 g/mol. The lowest BCUT2D eigenvalue weighted by Gasteiger charge is -2.32. The SMILES string of the molecule is CC(C)(C)OC(=O)N(C[Si](C)(C)CCl)c1ccccc1I. The zero-order valence-corrected chi connectivity index (χ0v) is 17.2. The molecule has 0 aliphatic carbocycles. The van der Waals surface area contributed by atoms with E-state index in [1.807, 2.05) is 45.0 Å². The molecule has 118 valence electrons. The van der Waals surface area contributed by atoms with E-state index in [1.165, 1.54) is 0 Å². The largest absolute Gasteiger partial charge is 0.443 e. The van der Waals surface area contributed by atoms with Crippen molar-refractivity contribution in [1.82, 2.24) is 0 Å². The highest BCUT2D eigenvalue weighted by atomic mass is 127. The minimum Gasteiger partial charge on any atom is -0.443 e. The first-order chi connectivity index (χ1) is 9.56. The summed E-state index contributed by atoms with van der Waals surface area (Å²) in [4.78, 5) is 14.3. The predicted molar refractivity (Wildman–Crippen MR) is 101 cm³/mol. The number of amides is 1. The monoisotopic (exact) mass is 439 g/mol. The average Bonchev–Trinajstić information content (AvgIpc) is 2.35. The van der Waals surface area contributed by atoms with Crippen LogP contribution in [0.5, 0.6) is 0 Å². The lowest BCUT2D eigenvalue weighted by atomic mass is 10.2. The van der Waals surface area contributed by atoms with E-state index in [0.29, 0.717) is 11.7 Å². The molecule has 0 atom stereocenters. The standard InChI is InChI=1S/C15H23ClINO2Si/c1-15(2,3)20-14(19)18(11-21(4,5)10-16)13-9-7-6-8-12(13)17/h6-9H,10-11H2,1-5H3. The highest BCUT2D eigenvalue weighted by molar-refractivity contribution is 14.1. The van der Waals surface area contributed by atoms with Crippen LogP contribution in [0.2, 0.25) is 13.1 Å². The highest BCUT2D eigenvalue weighted by Crippen LogP contribution is 2.26. The van der Waals surface area contributed by atoms with Gasteiger partial charge in [-0.2, -0.15) is 0 Å². The second kappa shape index (κ2) is 7.33. The molecule has 0 aliphatic heterocycles. The van der Waals surface area contributed by atoms with Gasteiger partial charge in [0.2, 0.25) is 0 Å². The number of hydrogen-bond acceptors (Lipinski definition) is 2. The van der Waals surface area contributed by atoms with Crippen molar-refractivity contribution in [2.24, 2.45) is 0 Å². The third-order valence-electron chi connectivity index (χ3n) is 2.71. The minimum atomic E-state index is -1.70. The summed E-state index contributed by atoms with van der Waals surface area (Å²) in [5.74, 6) is 0. The molecule has 0 radical (unpaired) electrons. The quantitative estimate of drug-likeness (QED) is 0.373. The zero-order chi connectivity index (χ0) is 16.3. The number of rotatable bonds is 4. The summed E-state index contributed by atoms with van der Waals surface area (Å²) in [6.45, 7) is 9.98. The number of alkyl halides is 1. The topological polar surface area (TPSA) is 29.5 Å². The van der Waals surface area contributed by atoms with Crippen LogP contribution in [-0.2, 0) is 4.74 Å². The van der Waals surface area contributed by atoms with Crippen molar-refractivity contribution in [3.05, 3.63) is 27.8 Å². The molecule has 6 heteroatoms. The Balaban J connectivity index is 3.12. The van der Waals surface area contributed by atoms with E-state index in [2.05, 4.69) is 35.7 Å². The lowest BCUT2D eigenvalue weighted by Crippen LogP contribution is -2.49. The number of para-hydroxylation sites is 1. The summed E-state index contributed by atoms with van der Waals surface area (Å²) in [6, 6.07) is 7.83. The molecule has 1 aromatic carbocycles. The van der Waals surface area contributed by atoms with E-state index in [-0.39, 0.29) is 6.09 Å². The minimum absolute atomic E-state index is 0.308. The smallest absolute Gasteiger partial charge is 0.414 e. The van der Waals surface area contributed by atoms with Crippen molar-refractivity contribution in [1.29, 1.82) is 0 Å². The highest BCUT2D eigenvalue weighted by Gasteiger charge is 2.31.